The van der Waals surface area contributed by atoms with E-state index in [1.54, 1.807) is 0 Å². The summed E-state index contributed by atoms with van der Waals surface area (Å²) in [5, 5.41) is 0. The van der Waals surface area contributed by atoms with Crippen molar-refractivity contribution in [1.82, 2.24) is 0 Å². The van der Waals surface area contributed by atoms with E-state index in [4.69, 9.17) is 0 Å². The lowest BCUT2D eigenvalue weighted by molar-refractivity contribution is 1.04. The molecule has 0 heteroatoms. The van der Waals surface area contributed by atoms with Crippen molar-refractivity contribution in [3.05, 3.63) is 78.4 Å². The van der Waals surface area contributed by atoms with E-state index in [9.17, 15) is 0 Å². The van der Waals surface area contributed by atoms with E-state index in [1.165, 1.54) is 28.7 Å². The van der Waals surface area contributed by atoms with Crippen molar-refractivity contribution in [1.29, 1.82) is 0 Å². The lowest BCUT2D eigenvalue weighted by Crippen LogP contribution is -1.87. The Morgan fingerprint density at radius 3 is 2.05 bits per heavy atom. The maximum Gasteiger partial charge on any atom is -0.0178 e. The molecule has 0 spiro atoms. The highest BCUT2D eigenvalue weighted by atomic mass is 14.1. The largest absolute Gasteiger partial charge is 0.0836 e. The van der Waals surface area contributed by atoms with Crippen molar-refractivity contribution < 1.29 is 0 Å². The monoisotopic (exact) mass is 264 g/mol. The highest BCUT2D eigenvalue weighted by Gasteiger charge is 2.03. The zero-order valence-electron chi connectivity index (χ0n) is 10.3. The average Bonchev–Trinajstić information content (AvgIpc) is 2.49. The van der Waals surface area contributed by atoms with E-state index in [0.717, 1.165) is 6.42 Å². The van der Waals surface area contributed by atoms with Gasteiger partial charge in [-0.2, -0.15) is 0 Å². The minimum absolute atomic E-state index is 0. The van der Waals surface area contributed by atoms with Gasteiger partial charge in [-0.3, -0.25) is 0 Å². The van der Waals surface area contributed by atoms with Gasteiger partial charge in [0, 0.05) is 0 Å². The molecule has 0 aromatic heterocycles. The van der Waals surface area contributed by atoms with Crippen LogP contribution in [0.3, 0.4) is 0 Å². The fourth-order valence-corrected chi connectivity index (χ4v) is 2.34. The second kappa shape index (κ2) is 7.49. The summed E-state index contributed by atoms with van der Waals surface area (Å²) < 4.78 is 0. The van der Waals surface area contributed by atoms with E-state index < -0.39 is 0 Å². The molecule has 0 N–H and O–H groups in total. The minimum atomic E-state index is 0. The van der Waals surface area contributed by atoms with Gasteiger partial charge in [-0.25, -0.2) is 0 Å². The maximum atomic E-state index is 2.32. The summed E-state index contributed by atoms with van der Waals surface area (Å²) in [5.74, 6) is 0. The number of rotatable bonds is 2. The van der Waals surface area contributed by atoms with Gasteiger partial charge in [-0.15, -0.1) is 0 Å². The van der Waals surface area contributed by atoms with Gasteiger partial charge in [0.1, 0.15) is 0 Å². The zero-order chi connectivity index (χ0) is 12.2. The lowest BCUT2D eigenvalue weighted by Gasteiger charge is -2.09. The molecule has 2 aromatic rings. The van der Waals surface area contributed by atoms with Crippen LogP contribution in [0.5, 0.6) is 0 Å². The smallest absolute Gasteiger partial charge is 0.0178 e. The Balaban J connectivity index is 0.000001000. The summed E-state index contributed by atoms with van der Waals surface area (Å²) in [7, 11) is 0. The predicted octanol–water partition coefficient (Wildman–Crippen LogP) is 6.36. The van der Waals surface area contributed by atoms with Crippen LogP contribution in [-0.4, -0.2) is 0 Å². The van der Waals surface area contributed by atoms with Crippen molar-refractivity contribution in [3.8, 4) is 11.1 Å². The summed E-state index contributed by atoms with van der Waals surface area (Å²) in [6.45, 7) is 0. The molecule has 1 aliphatic rings. The van der Waals surface area contributed by atoms with Crippen LogP contribution >= 0.6 is 0 Å². The number of hydrogen-bond acceptors (Lipinski definition) is 0. The first-order valence-corrected chi connectivity index (χ1v) is 6.46. The van der Waals surface area contributed by atoms with E-state index >= 15 is 0 Å². The van der Waals surface area contributed by atoms with Crippen LogP contribution in [0.25, 0.3) is 16.7 Å². The van der Waals surface area contributed by atoms with E-state index in [2.05, 4.69) is 72.8 Å². The third-order valence-electron chi connectivity index (χ3n) is 3.30. The Bertz CT molecular complexity index is 588. The van der Waals surface area contributed by atoms with Gasteiger partial charge in [0.15, 0.2) is 0 Å². The molecular formula is C20H24. The molecule has 0 saturated heterocycles. The summed E-state index contributed by atoms with van der Waals surface area (Å²) in [4.78, 5) is 0. The fourth-order valence-electron chi connectivity index (χ4n) is 2.34. The van der Waals surface area contributed by atoms with E-state index in [-0.39, 0.29) is 14.9 Å². The topological polar surface area (TPSA) is 0 Å². The first kappa shape index (κ1) is 16.0. The van der Waals surface area contributed by atoms with Gasteiger partial charge in [0.05, 0.1) is 0 Å². The number of hydrogen-bond donors (Lipinski definition) is 0. The van der Waals surface area contributed by atoms with Crippen LogP contribution in [-0.2, 0) is 0 Å². The summed E-state index contributed by atoms with van der Waals surface area (Å²) in [5.41, 5.74) is 5.22. The highest BCUT2D eigenvalue weighted by Crippen LogP contribution is 2.26. The number of allylic oxidation sites excluding steroid dienone is 4. The molecule has 0 atom stereocenters. The first-order valence-electron chi connectivity index (χ1n) is 6.46. The summed E-state index contributed by atoms with van der Waals surface area (Å²) >= 11 is 0. The molecule has 0 saturated carbocycles. The van der Waals surface area contributed by atoms with Gasteiger partial charge in [0.25, 0.3) is 0 Å². The minimum Gasteiger partial charge on any atom is -0.0836 e. The Morgan fingerprint density at radius 2 is 1.35 bits per heavy atom. The quantitative estimate of drug-likeness (QED) is 0.592. The summed E-state index contributed by atoms with van der Waals surface area (Å²) in [6.07, 6.45) is 9.13. The van der Waals surface area contributed by atoms with Crippen LogP contribution in [0.15, 0.2) is 72.8 Å². The second-order valence-corrected chi connectivity index (χ2v) is 4.59. The van der Waals surface area contributed by atoms with E-state index in [1.807, 2.05) is 0 Å². The van der Waals surface area contributed by atoms with Gasteiger partial charge in [-0.05, 0) is 41.2 Å². The highest BCUT2D eigenvalue weighted by molar-refractivity contribution is 5.78. The van der Waals surface area contributed by atoms with Gasteiger partial charge >= 0.3 is 0 Å². The van der Waals surface area contributed by atoms with Gasteiger partial charge < -0.3 is 0 Å². The zero-order valence-corrected chi connectivity index (χ0v) is 10.3. The molecule has 104 valence electrons. The molecule has 0 radical (unpaired) electrons. The van der Waals surface area contributed by atoms with Crippen molar-refractivity contribution in [2.24, 2.45) is 0 Å². The molecule has 0 aliphatic heterocycles. The van der Waals surface area contributed by atoms with Crippen LogP contribution in [0.1, 0.15) is 33.3 Å². The van der Waals surface area contributed by atoms with Crippen molar-refractivity contribution in [2.45, 2.75) is 27.7 Å². The maximum absolute atomic E-state index is 2.32. The normalized spacial score (nSPS) is 12.9. The molecule has 3 rings (SSSR count). The molecule has 20 heavy (non-hydrogen) atoms. The Kier molecular flexibility index (Phi) is 5.99. The molecule has 0 heterocycles. The Hall–Kier alpha value is -2.08. The Labute approximate surface area is 123 Å². The molecule has 0 unspecified atom stereocenters. The van der Waals surface area contributed by atoms with E-state index in [0.29, 0.717) is 0 Å². The Morgan fingerprint density at radius 1 is 0.650 bits per heavy atom. The third kappa shape index (κ3) is 3.48. The van der Waals surface area contributed by atoms with Crippen LogP contribution < -0.4 is 0 Å². The van der Waals surface area contributed by atoms with Crippen molar-refractivity contribution in [2.75, 3.05) is 0 Å². The van der Waals surface area contributed by atoms with Crippen LogP contribution in [0, 0.1) is 0 Å². The number of benzene rings is 2. The second-order valence-electron chi connectivity index (χ2n) is 4.59. The average molecular weight is 264 g/mol. The molecule has 0 nitrogen and oxygen atoms in total. The van der Waals surface area contributed by atoms with Crippen molar-refractivity contribution >= 4 is 5.57 Å². The molecular weight excluding hydrogens is 240 g/mol. The first-order chi connectivity index (χ1) is 8.93. The predicted molar refractivity (Wildman–Crippen MR) is 91.7 cm³/mol. The van der Waals surface area contributed by atoms with Crippen molar-refractivity contribution in [3.63, 3.8) is 0 Å². The van der Waals surface area contributed by atoms with Crippen LogP contribution in [0.4, 0.5) is 0 Å². The van der Waals surface area contributed by atoms with Gasteiger partial charge in [0.2, 0.25) is 0 Å². The van der Waals surface area contributed by atoms with Gasteiger partial charge in [-0.1, -0.05) is 81.6 Å². The standard InChI is InChI=1S/C18H16.2CH4/c1-3-8-15(9-4-1)17-12-7-13-18(14-17)16-10-5-2-6-11-16;;/h1,3-5,7-14H,2,6H2;2*1H4. The third-order valence-corrected chi connectivity index (χ3v) is 3.30. The molecule has 0 bridgehead atoms. The fraction of sp³-hybridized carbons (Fsp3) is 0.200. The molecule has 2 aromatic carbocycles. The molecule has 0 amide bonds. The SMILES string of the molecule is C.C.C1=CC(c2cccc(-c3ccccc3)c2)=CCC1. The lowest BCUT2D eigenvalue weighted by atomic mass is 9.96. The molecule has 1 aliphatic carbocycles. The summed E-state index contributed by atoms with van der Waals surface area (Å²) in [6, 6.07) is 19.3. The van der Waals surface area contributed by atoms with Crippen LogP contribution in [0.2, 0.25) is 0 Å². The molecule has 0 fully saturated rings.